The van der Waals surface area contributed by atoms with Crippen molar-refractivity contribution >= 4 is 93.6 Å². The lowest BCUT2D eigenvalue weighted by Crippen LogP contribution is -2.11. The van der Waals surface area contributed by atoms with Gasteiger partial charge in [0, 0.05) is 61.4 Å². The summed E-state index contributed by atoms with van der Waals surface area (Å²) in [4.78, 5) is 89.2. The Morgan fingerprint density at radius 1 is 0.421 bits per heavy atom. The molecule has 0 spiro atoms. The number of benzene rings is 8. The number of hydrogen-bond donors (Lipinski definition) is 3. The van der Waals surface area contributed by atoms with Gasteiger partial charge in [-0.2, -0.15) is 16.8 Å². The molecule has 114 heavy (non-hydrogen) atoms. The van der Waals surface area contributed by atoms with Crippen molar-refractivity contribution in [2.24, 2.45) is 0 Å². The molecule has 31 heteroatoms. The third kappa shape index (κ3) is 44.7. The van der Waals surface area contributed by atoms with E-state index in [9.17, 15) is 64.5 Å². The van der Waals surface area contributed by atoms with Crippen LogP contribution in [0.15, 0.2) is 245 Å². The third-order valence-corrected chi connectivity index (χ3v) is 14.5. The lowest BCUT2D eigenvalue weighted by molar-refractivity contribution is -0.129. The monoisotopic (exact) mass is 1650 g/mol. The molecule has 8 aromatic rings. The summed E-state index contributed by atoms with van der Waals surface area (Å²) in [5.41, 5.74) is 4.81. The van der Waals surface area contributed by atoms with Crippen molar-refractivity contribution in [2.75, 3.05) is 38.9 Å². The van der Waals surface area contributed by atoms with E-state index in [4.69, 9.17) is 52.3 Å². The Morgan fingerprint density at radius 2 is 0.763 bits per heavy atom. The average Bonchev–Trinajstić information content (AvgIpc) is 1.62. The molecule has 0 amide bonds. The maximum atomic E-state index is 12.4. The van der Waals surface area contributed by atoms with Gasteiger partial charge >= 0.3 is 68.0 Å². The van der Waals surface area contributed by atoms with Crippen LogP contribution < -0.4 is 33.2 Å². The van der Waals surface area contributed by atoms with Crippen LogP contribution in [0.1, 0.15) is 118 Å². The average molecular weight is 1650 g/mol. The highest BCUT2D eigenvalue weighted by molar-refractivity contribution is 8.16. The molecule has 2 saturated heterocycles. The number of ether oxygens (including phenoxy) is 9. The van der Waals surface area contributed by atoms with Crippen molar-refractivity contribution in [1.29, 1.82) is 0 Å². The first-order valence-corrected chi connectivity index (χ1v) is 39.6. The number of carboxylic acid groups (broad SMARTS) is 1. The quantitative estimate of drug-likeness (QED) is 0.0134. The SMILES string of the molecule is C.C.C1CCOC1.C1CCOC1.C=CC(=O)Oc1ccc(C(=O)O)cc1.C=CC(=O)Oc1ccc(C(=O)OS(C)(=O)=O)cc1.C=CC(=O)Oc1ccc(C(=O)OS(C)(=O)=O)cc1.C=CC(=O)Oc1ccc(C(=O)Oc2ccc(OCc3ccccc3)c(CC)c2)cc1.C=S(=O)(O)Cl.CCc1cc(O)ccc1COc1ccccc1. The highest BCUT2D eigenvalue weighted by atomic mass is 35.7. The van der Waals surface area contributed by atoms with E-state index < -0.39 is 77.0 Å². The van der Waals surface area contributed by atoms with Crippen LogP contribution in [0.5, 0.6) is 46.0 Å². The number of phenols is 1. The van der Waals surface area contributed by atoms with Crippen LogP contribution in [0.25, 0.3) is 0 Å². The molecule has 0 radical (unpaired) electrons. The Hall–Kier alpha value is -12.0. The number of phenolic OH excluding ortho intramolecular Hbond substituents is 1. The zero-order valence-corrected chi connectivity index (χ0v) is 64.8. The predicted octanol–water partition coefficient (Wildman–Crippen LogP) is 15.1. The zero-order valence-electron chi connectivity index (χ0n) is 61.5. The smallest absolute Gasteiger partial charge is 0.353 e. The second kappa shape index (κ2) is 53.8. The Balaban J connectivity index is 0.000000690. The van der Waals surface area contributed by atoms with Gasteiger partial charge in [-0.05, 0) is 206 Å². The normalized spacial score (nSPS) is 11.7. The first kappa shape index (κ1) is 100.0. The van der Waals surface area contributed by atoms with E-state index in [2.05, 4.69) is 58.2 Å². The van der Waals surface area contributed by atoms with E-state index in [1.165, 1.54) is 123 Å². The van der Waals surface area contributed by atoms with E-state index in [1.807, 2.05) is 79.7 Å². The molecule has 2 aliphatic rings. The van der Waals surface area contributed by atoms with E-state index in [-0.39, 0.29) is 43.0 Å². The molecule has 2 aliphatic heterocycles. The molecule has 0 saturated carbocycles. The van der Waals surface area contributed by atoms with Crippen LogP contribution >= 0.6 is 10.7 Å². The maximum Gasteiger partial charge on any atom is 0.353 e. The number of aromatic carboxylic acids is 1. The number of aromatic hydroxyl groups is 1. The Bertz CT molecular complexity index is 4600. The second-order valence-corrected chi connectivity index (χ2v) is 28.2. The molecule has 2 fully saturated rings. The fraction of sp³-hybridized carbons (Fsp3) is 0.217. The van der Waals surface area contributed by atoms with Gasteiger partial charge in [-0.3, -0.25) is 0 Å². The van der Waals surface area contributed by atoms with E-state index >= 15 is 0 Å². The van der Waals surface area contributed by atoms with E-state index in [0.29, 0.717) is 41.8 Å². The van der Waals surface area contributed by atoms with Gasteiger partial charge in [-0.15, -0.1) is 0 Å². The van der Waals surface area contributed by atoms with Gasteiger partial charge in [0.2, 0.25) is 0 Å². The molecule has 3 N–H and O–H groups in total. The van der Waals surface area contributed by atoms with Gasteiger partial charge in [-0.25, -0.2) is 42.6 Å². The highest BCUT2D eigenvalue weighted by Crippen LogP contribution is 2.28. The number of carboxylic acids is 1. The predicted molar refractivity (Wildman–Crippen MR) is 434 cm³/mol. The molecule has 10 rings (SSSR count). The lowest BCUT2D eigenvalue weighted by atomic mass is 10.1. The van der Waals surface area contributed by atoms with Crippen molar-refractivity contribution < 1.29 is 125 Å². The first-order chi connectivity index (χ1) is 53.1. The summed E-state index contributed by atoms with van der Waals surface area (Å²) >= 11 is 0. The van der Waals surface area contributed by atoms with Crippen molar-refractivity contribution in [1.82, 2.24) is 0 Å². The topological polar surface area (TPSA) is 384 Å². The van der Waals surface area contributed by atoms with Gasteiger partial charge < -0.3 is 65.8 Å². The Morgan fingerprint density at radius 3 is 1.09 bits per heavy atom. The van der Waals surface area contributed by atoms with Gasteiger partial charge in [-0.1, -0.05) is 110 Å². The number of carbonyl (C=O) groups excluding carboxylic acids is 7. The molecular formula is C83H93ClO27S3. The van der Waals surface area contributed by atoms with Crippen LogP contribution in [0.4, 0.5) is 0 Å². The lowest BCUT2D eigenvalue weighted by Gasteiger charge is -2.12. The summed E-state index contributed by atoms with van der Waals surface area (Å²) in [6.45, 7) is 22.1. The van der Waals surface area contributed by atoms with Gasteiger partial charge in [0.25, 0.3) is 0 Å². The van der Waals surface area contributed by atoms with Crippen LogP contribution in [-0.2, 0) is 92.3 Å². The Labute approximate surface area is 669 Å². The summed E-state index contributed by atoms with van der Waals surface area (Å²) in [7, 11) is -6.40. The highest BCUT2D eigenvalue weighted by Gasteiger charge is 2.17. The molecule has 612 valence electrons. The zero-order chi connectivity index (χ0) is 83.1. The van der Waals surface area contributed by atoms with Gasteiger partial charge in [0.05, 0.1) is 34.8 Å². The van der Waals surface area contributed by atoms with E-state index in [1.54, 1.807) is 24.3 Å². The number of rotatable bonds is 23. The molecule has 2 heterocycles. The maximum absolute atomic E-state index is 12.4. The summed E-state index contributed by atoms with van der Waals surface area (Å²) in [6, 6.07) is 52.5. The number of esters is 5. The van der Waals surface area contributed by atoms with Crippen molar-refractivity contribution in [2.45, 2.75) is 80.4 Å². The fourth-order valence-electron chi connectivity index (χ4n) is 8.36. The van der Waals surface area contributed by atoms with Crippen LogP contribution in [0.2, 0.25) is 0 Å². The van der Waals surface area contributed by atoms with Crippen molar-refractivity contribution in [3.63, 3.8) is 0 Å². The number of aryl methyl sites for hydroxylation is 2. The second-order valence-electron chi connectivity index (χ2n) is 22.5. The number of hydrogen-bond acceptors (Lipinski definition) is 25. The first-order valence-electron chi connectivity index (χ1n) is 33.5. The minimum absolute atomic E-state index is 0. The molecule has 0 aromatic heterocycles. The van der Waals surface area contributed by atoms with E-state index in [0.717, 1.165) is 110 Å². The molecule has 0 bridgehead atoms. The molecule has 8 aromatic carbocycles. The minimum Gasteiger partial charge on any atom is -0.508 e. The number of carbonyl (C=O) groups is 8. The summed E-state index contributed by atoms with van der Waals surface area (Å²) < 4.78 is 115. The van der Waals surface area contributed by atoms with Crippen molar-refractivity contribution in [3.8, 4) is 46.0 Å². The van der Waals surface area contributed by atoms with Crippen molar-refractivity contribution in [3.05, 3.63) is 289 Å². The minimum atomic E-state index is -3.85. The molecule has 27 nitrogen and oxygen atoms in total. The number of halogens is 1. The molecular weight excluding hydrogens is 1560 g/mol. The standard InChI is InChI=1S/C25H22O5.C15H16O2.2C11H10O6S.C10H8O4.2C4H8O.CH3ClO2S.2CH4/c1-3-19-16-22(14-15-23(19)28-17-18-8-6-5-7-9-18)30-25(27)20-10-12-21(13-11-20)29-24(26)4-2;1-2-12-10-14(16)9-8-13(12)11-17-15-6-4-3-5-7-15;2*1-3-10(12)16-9-6-4-8(5-7-9)11(13)17-18(2,14)15;1-2-9(11)14-8-5-3-7(4-6-8)10(12)13;2*1-2-4-5-3-1;1-5(2,3)4;;/h4-16H,2-3,17H2,1H3;3-10,16H,2,11H2,1H3;2*3-7H,1H2,2H3;2-6H,1H2,(H,12,13);2*1-4H2;1H2,(H,3,4);2*1H4. The van der Waals surface area contributed by atoms with Crippen LogP contribution in [-0.4, -0.2) is 128 Å². The van der Waals surface area contributed by atoms with Gasteiger partial charge in [0.15, 0.2) is 9.02 Å². The molecule has 1 atom stereocenters. The summed E-state index contributed by atoms with van der Waals surface area (Å²) in [5.74, 6) is 0.0725. The van der Waals surface area contributed by atoms with Crippen LogP contribution in [0, 0.1) is 0 Å². The summed E-state index contributed by atoms with van der Waals surface area (Å²) in [6.07, 6.45) is 12.4. The Kier molecular flexibility index (Phi) is 47.2. The fourth-order valence-corrected chi connectivity index (χ4v) is 9.11. The summed E-state index contributed by atoms with van der Waals surface area (Å²) in [5, 5.41) is 18.0. The van der Waals surface area contributed by atoms with Crippen LogP contribution in [0.3, 0.4) is 0 Å². The largest absolute Gasteiger partial charge is 0.508 e. The third-order valence-electron chi connectivity index (χ3n) is 13.6. The molecule has 1 unspecified atom stereocenters. The van der Waals surface area contributed by atoms with Gasteiger partial charge in [0.1, 0.15) is 59.2 Å². The molecule has 0 aliphatic carbocycles. The number of para-hydroxylation sites is 1.